The molecule has 3 aliphatic rings. The third-order valence-electron chi connectivity index (χ3n) is 7.36. The molecule has 2 heterocycles. The molecule has 32 heavy (non-hydrogen) atoms. The molecule has 2 aliphatic carbocycles. The number of piperazine rings is 1. The van der Waals surface area contributed by atoms with Gasteiger partial charge in [-0.1, -0.05) is 0 Å². The number of rotatable bonds is 4. The molecule has 8 heteroatoms. The highest BCUT2D eigenvalue weighted by atomic mass is 16.3. The van der Waals surface area contributed by atoms with Crippen molar-refractivity contribution in [2.75, 3.05) is 38.6 Å². The minimum atomic E-state index is -0.241. The fraction of sp³-hybridized carbons (Fsp3) is 0.625. The van der Waals surface area contributed by atoms with Crippen LogP contribution in [0.25, 0.3) is 11.0 Å². The van der Waals surface area contributed by atoms with E-state index in [1.165, 1.54) is 18.4 Å². The first-order valence-corrected chi connectivity index (χ1v) is 11.8. The van der Waals surface area contributed by atoms with Crippen molar-refractivity contribution < 1.29 is 14.7 Å². The quantitative estimate of drug-likeness (QED) is 0.789. The van der Waals surface area contributed by atoms with Crippen LogP contribution in [0.4, 0.5) is 5.69 Å². The highest BCUT2D eigenvalue weighted by molar-refractivity contribution is 6.00. The molecule has 2 amide bonds. The van der Waals surface area contributed by atoms with E-state index in [1.54, 1.807) is 4.90 Å². The molecule has 172 valence electrons. The zero-order valence-electron chi connectivity index (χ0n) is 19.3. The molecule has 0 unspecified atom stereocenters. The van der Waals surface area contributed by atoms with E-state index in [0.29, 0.717) is 24.8 Å². The second-order valence-electron chi connectivity index (χ2n) is 9.85. The number of fused-ring (bicyclic) bond motifs is 1. The average Bonchev–Trinajstić information content (AvgIpc) is 3.57. The first kappa shape index (κ1) is 21.2. The number of anilines is 1. The Morgan fingerprint density at radius 3 is 2.44 bits per heavy atom. The van der Waals surface area contributed by atoms with Crippen molar-refractivity contribution in [1.82, 2.24) is 19.4 Å². The molecule has 0 radical (unpaired) electrons. The molecular weight excluding hydrogens is 406 g/mol. The maximum absolute atomic E-state index is 13.4. The summed E-state index contributed by atoms with van der Waals surface area (Å²) in [7, 11) is 5.90. The van der Waals surface area contributed by atoms with Gasteiger partial charge in [-0.2, -0.15) is 0 Å². The fourth-order valence-electron chi connectivity index (χ4n) is 5.23. The van der Waals surface area contributed by atoms with Gasteiger partial charge in [-0.3, -0.25) is 9.59 Å². The van der Waals surface area contributed by atoms with Gasteiger partial charge in [0.1, 0.15) is 12.1 Å². The molecule has 2 aromatic rings. The Balaban J connectivity index is 1.38. The molecular formula is C24H33N5O3. The minimum absolute atomic E-state index is 0.00486. The molecule has 1 saturated heterocycles. The van der Waals surface area contributed by atoms with Gasteiger partial charge in [0.05, 0.1) is 17.3 Å². The van der Waals surface area contributed by atoms with Crippen LogP contribution in [0, 0.1) is 0 Å². The van der Waals surface area contributed by atoms with Crippen molar-refractivity contribution in [3.8, 4) is 0 Å². The topological polar surface area (TPSA) is 81.9 Å². The van der Waals surface area contributed by atoms with Gasteiger partial charge in [0.2, 0.25) is 5.91 Å². The maximum atomic E-state index is 13.4. The predicted octanol–water partition coefficient (Wildman–Crippen LogP) is 2.10. The van der Waals surface area contributed by atoms with Crippen LogP contribution in [0.5, 0.6) is 0 Å². The van der Waals surface area contributed by atoms with Crippen LogP contribution in [-0.2, 0) is 11.8 Å². The third kappa shape index (κ3) is 3.74. The smallest absolute Gasteiger partial charge is 0.290 e. The number of aliphatic hydroxyl groups excluding tert-OH is 1. The fourth-order valence-corrected chi connectivity index (χ4v) is 5.23. The number of aromatic nitrogens is 2. The summed E-state index contributed by atoms with van der Waals surface area (Å²) >= 11 is 0. The molecule has 2 saturated carbocycles. The van der Waals surface area contributed by atoms with Crippen LogP contribution < -0.4 is 4.90 Å². The summed E-state index contributed by atoms with van der Waals surface area (Å²) in [6.45, 7) is 1.15. The SMILES string of the molecule is CN(C)c1cc(C2CC2)cc2c1nc(C(=O)N1CCN([C@H]3CC[C@H](O)CC3)C(=O)C1)n2C. The van der Waals surface area contributed by atoms with E-state index < -0.39 is 0 Å². The van der Waals surface area contributed by atoms with Crippen molar-refractivity contribution in [2.24, 2.45) is 7.05 Å². The van der Waals surface area contributed by atoms with E-state index in [1.807, 2.05) is 30.6 Å². The van der Waals surface area contributed by atoms with Gasteiger partial charge in [-0.15, -0.1) is 0 Å². The Morgan fingerprint density at radius 1 is 1.09 bits per heavy atom. The van der Waals surface area contributed by atoms with Crippen molar-refractivity contribution >= 4 is 28.5 Å². The largest absolute Gasteiger partial charge is 0.393 e. The summed E-state index contributed by atoms with van der Waals surface area (Å²) in [5.74, 6) is 0.806. The van der Waals surface area contributed by atoms with Crippen LogP contribution in [0.3, 0.4) is 0 Å². The lowest BCUT2D eigenvalue weighted by atomic mass is 9.91. The van der Waals surface area contributed by atoms with Crippen LogP contribution in [-0.4, -0.2) is 82.1 Å². The van der Waals surface area contributed by atoms with Gasteiger partial charge in [0.25, 0.3) is 5.91 Å². The van der Waals surface area contributed by atoms with Gasteiger partial charge in [0.15, 0.2) is 5.82 Å². The number of benzene rings is 1. The highest BCUT2D eigenvalue weighted by Crippen LogP contribution is 2.43. The standard InChI is InChI=1S/C24H33N5O3/c1-26(2)19-12-16(15-4-5-15)13-20-22(19)25-23(27(20)3)24(32)28-10-11-29(21(31)14-28)17-6-8-18(30)9-7-17/h12-13,15,17-18,30H,4-11,14H2,1-3H3/t17-,18-. The van der Waals surface area contributed by atoms with Crippen molar-refractivity contribution in [3.05, 3.63) is 23.5 Å². The minimum Gasteiger partial charge on any atom is -0.393 e. The summed E-state index contributed by atoms with van der Waals surface area (Å²) in [5.41, 5.74) is 4.13. The normalized spacial score (nSPS) is 24.3. The van der Waals surface area contributed by atoms with E-state index >= 15 is 0 Å². The molecule has 8 nitrogen and oxygen atoms in total. The van der Waals surface area contributed by atoms with E-state index in [9.17, 15) is 14.7 Å². The van der Waals surface area contributed by atoms with Gasteiger partial charge >= 0.3 is 0 Å². The molecule has 5 rings (SSSR count). The summed E-state index contributed by atoms with van der Waals surface area (Å²) in [6.07, 6.45) is 5.35. The van der Waals surface area contributed by atoms with Gasteiger partial charge < -0.3 is 24.4 Å². The number of carbonyl (C=O) groups is 2. The summed E-state index contributed by atoms with van der Waals surface area (Å²) in [6, 6.07) is 4.55. The second-order valence-corrected chi connectivity index (χ2v) is 9.85. The molecule has 0 bridgehead atoms. The van der Waals surface area contributed by atoms with Crippen LogP contribution in [0.15, 0.2) is 12.1 Å². The lowest BCUT2D eigenvalue weighted by Gasteiger charge is -2.41. The van der Waals surface area contributed by atoms with E-state index in [0.717, 1.165) is 42.4 Å². The number of aliphatic hydroxyl groups is 1. The molecule has 1 N–H and O–H groups in total. The molecule has 3 fully saturated rings. The molecule has 1 aromatic carbocycles. The van der Waals surface area contributed by atoms with Crippen molar-refractivity contribution in [2.45, 2.75) is 56.6 Å². The van der Waals surface area contributed by atoms with Crippen LogP contribution in [0.2, 0.25) is 0 Å². The summed E-state index contributed by atoms with van der Waals surface area (Å²) in [5, 5.41) is 9.75. The van der Waals surface area contributed by atoms with Crippen LogP contribution >= 0.6 is 0 Å². The second kappa shape index (κ2) is 8.06. The monoisotopic (exact) mass is 439 g/mol. The van der Waals surface area contributed by atoms with Crippen molar-refractivity contribution in [1.29, 1.82) is 0 Å². The lowest BCUT2D eigenvalue weighted by Crippen LogP contribution is -2.56. The Bertz CT molecular complexity index is 1050. The average molecular weight is 440 g/mol. The Kier molecular flexibility index (Phi) is 5.35. The maximum Gasteiger partial charge on any atom is 0.290 e. The number of aryl methyl sites for hydroxylation is 1. The van der Waals surface area contributed by atoms with Crippen LogP contribution in [0.1, 0.15) is 60.6 Å². The Labute approximate surface area is 188 Å². The van der Waals surface area contributed by atoms with E-state index in [2.05, 4.69) is 17.0 Å². The van der Waals surface area contributed by atoms with E-state index in [4.69, 9.17) is 4.98 Å². The third-order valence-corrected chi connectivity index (χ3v) is 7.36. The van der Waals surface area contributed by atoms with Gasteiger partial charge in [-0.05, 0) is 62.1 Å². The molecule has 0 atom stereocenters. The number of carbonyl (C=O) groups excluding carboxylic acids is 2. The number of hydrogen-bond donors (Lipinski definition) is 1. The lowest BCUT2D eigenvalue weighted by molar-refractivity contribution is -0.138. The number of nitrogens with zero attached hydrogens (tertiary/aromatic N) is 5. The number of hydrogen-bond acceptors (Lipinski definition) is 5. The Morgan fingerprint density at radius 2 is 1.81 bits per heavy atom. The van der Waals surface area contributed by atoms with E-state index in [-0.39, 0.29) is 30.5 Å². The zero-order valence-corrected chi connectivity index (χ0v) is 19.3. The number of imidazole rings is 1. The van der Waals surface area contributed by atoms with Gasteiger partial charge in [-0.25, -0.2) is 4.98 Å². The molecule has 1 aromatic heterocycles. The first-order valence-electron chi connectivity index (χ1n) is 11.8. The summed E-state index contributed by atoms with van der Waals surface area (Å²) in [4.78, 5) is 36.6. The number of amides is 2. The molecule has 0 spiro atoms. The Hall–Kier alpha value is -2.61. The predicted molar refractivity (Wildman–Crippen MR) is 123 cm³/mol. The zero-order chi connectivity index (χ0) is 22.6. The molecule has 1 aliphatic heterocycles. The summed E-state index contributed by atoms with van der Waals surface area (Å²) < 4.78 is 1.88. The highest BCUT2D eigenvalue weighted by Gasteiger charge is 2.35. The van der Waals surface area contributed by atoms with Gasteiger partial charge in [0, 0.05) is 40.3 Å². The van der Waals surface area contributed by atoms with Crippen molar-refractivity contribution in [3.63, 3.8) is 0 Å². The first-order chi connectivity index (χ1) is 15.3.